The molecule has 0 N–H and O–H groups in total. The molecule has 0 fully saturated rings. The predicted molar refractivity (Wildman–Crippen MR) is 89.3 cm³/mol. The van der Waals surface area contributed by atoms with Crippen molar-refractivity contribution in [1.29, 1.82) is 0 Å². The average Bonchev–Trinajstić information content (AvgIpc) is 2.51. The Balaban J connectivity index is 2.46. The monoisotopic (exact) mass is 254 g/mol. The Bertz CT molecular complexity index is 1070. The van der Waals surface area contributed by atoms with Crippen LogP contribution in [0.5, 0.6) is 0 Å². The second-order valence-corrected chi connectivity index (χ2v) is 5.21. The molecule has 4 aromatic carbocycles. The molecule has 0 aliphatic rings. The molecule has 0 saturated carbocycles. The van der Waals surface area contributed by atoms with E-state index in [0.717, 1.165) is 10.4 Å². The van der Waals surface area contributed by atoms with Crippen LogP contribution in [0.4, 0.5) is 0 Å². The molecule has 0 amide bonds. The zero-order valence-corrected chi connectivity index (χ0v) is 11.2. The minimum atomic E-state index is 1.09. The Hall–Kier alpha value is -2.60. The number of hydrogen-bond donors (Lipinski definition) is 0. The van der Waals surface area contributed by atoms with Gasteiger partial charge in [-0.25, -0.2) is 0 Å². The Labute approximate surface area is 117 Å². The molecule has 0 nitrogen and oxygen atoms in total. The van der Waals surface area contributed by atoms with Gasteiger partial charge in [-0.15, -0.1) is 0 Å². The van der Waals surface area contributed by atoms with Crippen LogP contribution in [0.3, 0.4) is 0 Å². The fourth-order valence-corrected chi connectivity index (χ4v) is 3.14. The van der Waals surface area contributed by atoms with E-state index in [1.165, 1.54) is 32.3 Å². The lowest BCUT2D eigenvalue weighted by atomic mass is 9.95. The summed E-state index contributed by atoms with van der Waals surface area (Å²) < 4.78 is 0. The molecule has 0 heterocycles. The van der Waals surface area contributed by atoms with E-state index in [4.69, 9.17) is 0 Å². The van der Waals surface area contributed by atoms with Crippen molar-refractivity contribution < 1.29 is 0 Å². The maximum absolute atomic E-state index is 4.34. The van der Waals surface area contributed by atoms with Gasteiger partial charge in [0, 0.05) is 0 Å². The van der Waals surface area contributed by atoms with Gasteiger partial charge < -0.3 is 0 Å². The SMILES string of the molecule is C=c1c2ccccc2c(=C)c2c1ccc1ccccc12. The van der Waals surface area contributed by atoms with Gasteiger partial charge in [-0.3, -0.25) is 0 Å². The minimum absolute atomic E-state index is 1.09. The first-order chi connectivity index (χ1) is 9.77. The van der Waals surface area contributed by atoms with E-state index >= 15 is 0 Å². The number of rotatable bonds is 0. The Morgan fingerprint density at radius 2 is 1.10 bits per heavy atom. The summed E-state index contributed by atoms with van der Waals surface area (Å²) in [7, 11) is 0. The van der Waals surface area contributed by atoms with Gasteiger partial charge in [0.2, 0.25) is 0 Å². The van der Waals surface area contributed by atoms with Gasteiger partial charge in [-0.1, -0.05) is 73.8 Å². The molecule has 0 radical (unpaired) electrons. The second kappa shape index (κ2) is 3.94. The van der Waals surface area contributed by atoms with Crippen LogP contribution < -0.4 is 10.4 Å². The molecule has 20 heavy (non-hydrogen) atoms. The lowest BCUT2D eigenvalue weighted by Crippen LogP contribution is -2.12. The molecular weight excluding hydrogens is 240 g/mol. The van der Waals surface area contributed by atoms with Gasteiger partial charge in [0.05, 0.1) is 0 Å². The van der Waals surface area contributed by atoms with Crippen molar-refractivity contribution in [3.63, 3.8) is 0 Å². The van der Waals surface area contributed by atoms with Crippen LogP contribution in [0, 0.1) is 0 Å². The molecule has 4 rings (SSSR count). The van der Waals surface area contributed by atoms with Crippen LogP contribution in [0.15, 0.2) is 60.7 Å². The Morgan fingerprint density at radius 3 is 1.85 bits per heavy atom. The van der Waals surface area contributed by atoms with Crippen LogP contribution in [0.2, 0.25) is 0 Å². The van der Waals surface area contributed by atoms with E-state index < -0.39 is 0 Å². The zero-order chi connectivity index (χ0) is 13.7. The van der Waals surface area contributed by atoms with Crippen molar-refractivity contribution in [2.24, 2.45) is 0 Å². The molecule has 4 aromatic rings. The molecule has 0 spiro atoms. The Morgan fingerprint density at radius 1 is 0.500 bits per heavy atom. The number of hydrogen-bond acceptors (Lipinski definition) is 0. The van der Waals surface area contributed by atoms with E-state index in [0.29, 0.717) is 0 Å². The fraction of sp³-hybridized carbons (Fsp3) is 0. The zero-order valence-electron chi connectivity index (χ0n) is 11.2. The van der Waals surface area contributed by atoms with Crippen molar-refractivity contribution in [2.45, 2.75) is 0 Å². The maximum atomic E-state index is 4.34. The van der Waals surface area contributed by atoms with E-state index in [9.17, 15) is 0 Å². The van der Waals surface area contributed by atoms with E-state index in [1.54, 1.807) is 0 Å². The van der Waals surface area contributed by atoms with Crippen LogP contribution in [0.1, 0.15) is 0 Å². The highest BCUT2D eigenvalue weighted by atomic mass is 14.1. The van der Waals surface area contributed by atoms with E-state index in [-0.39, 0.29) is 0 Å². The van der Waals surface area contributed by atoms with Crippen molar-refractivity contribution in [2.75, 3.05) is 0 Å². The second-order valence-electron chi connectivity index (χ2n) is 5.21. The summed E-state index contributed by atoms with van der Waals surface area (Å²) in [4.78, 5) is 0. The van der Waals surface area contributed by atoms with E-state index in [2.05, 4.69) is 73.8 Å². The topological polar surface area (TPSA) is 0 Å². The normalized spacial score (nSPS) is 11.4. The molecular formula is C20H14. The predicted octanol–water partition coefficient (Wildman–Crippen LogP) is 3.97. The molecule has 0 atom stereocenters. The van der Waals surface area contributed by atoms with Gasteiger partial charge in [0.1, 0.15) is 0 Å². The number of benzene rings is 4. The maximum Gasteiger partial charge on any atom is -0.00265 e. The van der Waals surface area contributed by atoms with Crippen molar-refractivity contribution >= 4 is 45.5 Å². The van der Waals surface area contributed by atoms with Crippen molar-refractivity contribution in [1.82, 2.24) is 0 Å². The van der Waals surface area contributed by atoms with Crippen molar-refractivity contribution in [3.8, 4) is 0 Å². The smallest absolute Gasteiger partial charge is 0.00265 e. The average molecular weight is 254 g/mol. The quantitative estimate of drug-likeness (QED) is 0.329. The summed E-state index contributed by atoms with van der Waals surface area (Å²) in [5.74, 6) is 0. The van der Waals surface area contributed by atoms with Gasteiger partial charge in [-0.05, 0) is 42.8 Å². The van der Waals surface area contributed by atoms with Gasteiger partial charge in [0.25, 0.3) is 0 Å². The molecule has 0 bridgehead atoms. The third-order valence-corrected chi connectivity index (χ3v) is 4.13. The summed E-state index contributed by atoms with van der Waals surface area (Å²) in [5.41, 5.74) is 0. The highest BCUT2D eigenvalue weighted by Crippen LogP contribution is 2.22. The molecule has 0 unspecified atom stereocenters. The van der Waals surface area contributed by atoms with E-state index in [1.807, 2.05) is 0 Å². The van der Waals surface area contributed by atoms with Gasteiger partial charge in [0.15, 0.2) is 0 Å². The standard InChI is InChI=1S/C20H14/c1-13-16-8-5-6-9-17(16)14(2)20-18(13)12-11-15-7-3-4-10-19(15)20/h3-12H,1-2H2. The third-order valence-electron chi connectivity index (χ3n) is 4.13. The summed E-state index contributed by atoms with van der Waals surface area (Å²) in [5, 5.41) is 9.51. The molecule has 0 aliphatic carbocycles. The minimum Gasteiger partial charge on any atom is -0.0905 e. The highest BCUT2D eigenvalue weighted by Gasteiger charge is 2.06. The van der Waals surface area contributed by atoms with Crippen LogP contribution in [-0.2, 0) is 0 Å². The first-order valence-corrected chi connectivity index (χ1v) is 6.77. The lowest BCUT2D eigenvalue weighted by Gasteiger charge is -2.09. The summed E-state index contributed by atoms with van der Waals surface area (Å²) in [6.07, 6.45) is 0. The largest absolute Gasteiger partial charge is 0.0905 e. The van der Waals surface area contributed by atoms with Crippen molar-refractivity contribution in [3.05, 3.63) is 71.1 Å². The van der Waals surface area contributed by atoms with Crippen LogP contribution >= 0.6 is 0 Å². The van der Waals surface area contributed by atoms with Gasteiger partial charge >= 0.3 is 0 Å². The molecule has 94 valence electrons. The summed E-state index contributed by atoms with van der Waals surface area (Å²) >= 11 is 0. The van der Waals surface area contributed by atoms with Gasteiger partial charge in [-0.2, -0.15) is 0 Å². The molecule has 0 aromatic heterocycles. The first kappa shape index (κ1) is 11.2. The first-order valence-electron chi connectivity index (χ1n) is 6.77. The van der Waals surface area contributed by atoms with Crippen LogP contribution in [-0.4, -0.2) is 0 Å². The third kappa shape index (κ3) is 1.36. The summed E-state index contributed by atoms with van der Waals surface area (Å²) in [6.45, 7) is 8.64. The fourth-order valence-electron chi connectivity index (χ4n) is 3.14. The van der Waals surface area contributed by atoms with Crippen LogP contribution in [0.25, 0.3) is 45.5 Å². The molecule has 0 aliphatic heterocycles. The highest BCUT2D eigenvalue weighted by molar-refractivity contribution is 6.12. The summed E-state index contributed by atoms with van der Waals surface area (Å²) in [6, 6.07) is 21.2. The molecule has 0 heteroatoms. The Kier molecular flexibility index (Phi) is 2.22. The molecule has 0 saturated heterocycles. The number of fused-ring (bicyclic) bond motifs is 4. The lowest BCUT2D eigenvalue weighted by molar-refractivity contribution is 1.71.